The van der Waals surface area contributed by atoms with Crippen LogP contribution in [0.3, 0.4) is 0 Å². The lowest BCUT2D eigenvalue weighted by Gasteiger charge is -2.34. The van der Waals surface area contributed by atoms with Crippen LogP contribution in [-0.2, 0) is 6.54 Å². The predicted octanol–water partition coefficient (Wildman–Crippen LogP) is 3.82. The molecule has 1 aliphatic rings. The van der Waals surface area contributed by atoms with Crippen LogP contribution in [0.15, 0.2) is 42.5 Å². The zero-order chi connectivity index (χ0) is 20.3. The van der Waals surface area contributed by atoms with Gasteiger partial charge in [0.05, 0.1) is 5.56 Å². The number of amides is 1. The van der Waals surface area contributed by atoms with E-state index in [1.807, 2.05) is 4.90 Å². The molecule has 0 N–H and O–H groups in total. The summed E-state index contributed by atoms with van der Waals surface area (Å²) < 4.78 is 67.1. The number of hydrogen-bond acceptors (Lipinski definition) is 3. The van der Waals surface area contributed by atoms with Crippen LogP contribution < -0.4 is 4.74 Å². The van der Waals surface area contributed by atoms with E-state index in [2.05, 4.69) is 4.74 Å². The van der Waals surface area contributed by atoms with Crippen molar-refractivity contribution in [2.45, 2.75) is 12.9 Å². The highest BCUT2D eigenvalue weighted by atomic mass is 19.4. The number of nitrogens with zero attached hydrogens (tertiary/aromatic N) is 2. The fraction of sp³-hybridized carbons (Fsp3) is 0.316. The number of ether oxygens (including phenoxy) is 1. The van der Waals surface area contributed by atoms with Crippen LogP contribution in [0.2, 0.25) is 0 Å². The summed E-state index contributed by atoms with van der Waals surface area (Å²) in [6.45, 7) is 2.28. The lowest BCUT2D eigenvalue weighted by atomic mass is 10.1. The molecule has 0 atom stereocenters. The predicted molar refractivity (Wildman–Crippen MR) is 90.7 cm³/mol. The van der Waals surface area contributed by atoms with Gasteiger partial charge in [0.2, 0.25) is 0 Å². The summed E-state index contributed by atoms with van der Waals surface area (Å²) in [5.41, 5.74) is 0.633. The van der Waals surface area contributed by atoms with Crippen molar-refractivity contribution in [3.8, 4) is 5.75 Å². The SMILES string of the molecule is O=C(c1ccc(F)cc1F)N1CCN(Cc2ccc(OC(F)(F)F)cc2)CC1. The number of benzene rings is 2. The second kappa shape index (κ2) is 8.14. The largest absolute Gasteiger partial charge is 0.573 e. The maximum atomic E-state index is 13.8. The maximum Gasteiger partial charge on any atom is 0.573 e. The molecule has 1 aliphatic heterocycles. The molecule has 0 unspecified atom stereocenters. The Bertz CT molecular complexity index is 831. The van der Waals surface area contributed by atoms with Gasteiger partial charge in [-0.2, -0.15) is 0 Å². The van der Waals surface area contributed by atoms with Crippen LogP contribution in [0.4, 0.5) is 22.0 Å². The van der Waals surface area contributed by atoms with Crippen molar-refractivity contribution in [1.29, 1.82) is 0 Å². The first-order valence-corrected chi connectivity index (χ1v) is 8.52. The Kier molecular flexibility index (Phi) is 5.83. The van der Waals surface area contributed by atoms with Crippen molar-refractivity contribution >= 4 is 5.91 Å². The van der Waals surface area contributed by atoms with Crippen LogP contribution in [0, 0.1) is 11.6 Å². The fourth-order valence-corrected chi connectivity index (χ4v) is 3.00. The molecule has 0 bridgehead atoms. The highest BCUT2D eigenvalue weighted by Gasteiger charge is 2.31. The van der Waals surface area contributed by atoms with Crippen LogP contribution in [0.1, 0.15) is 15.9 Å². The molecule has 1 saturated heterocycles. The van der Waals surface area contributed by atoms with Gasteiger partial charge < -0.3 is 9.64 Å². The molecule has 1 fully saturated rings. The summed E-state index contributed by atoms with van der Waals surface area (Å²) in [6.07, 6.45) is -4.73. The van der Waals surface area contributed by atoms with Crippen molar-refractivity contribution in [3.63, 3.8) is 0 Å². The van der Waals surface area contributed by atoms with E-state index in [0.29, 0.717) is 38.8 Å². The Morgan fingerprint density at radius 2 is 1.61 bits per heavy atom. The second-order valence-corrected chi connectivity index (χ2v) is 6.38. The Morgan fingerprint density at radius 1 is 0.964 bits per heavy atom. The standard InChI is InChI=1S/C19H17F5N2O2/c20-14-3-6-16(17(21)11-14)18(27)26-9-7-25(8-10-26)12-13-1-4-15(5-2-13)28-19(22,23)24/h1-6,11H,7-10,12H2. The minimum Gasteiger partial charge on any atom is -0.406 e. The molecule has 9 heteroatoms. The molecular weight excluding hydrogens is 383 g/mol. The van der Waals surface area contributed by atoms with Gasteiger partial charge in [-0.05, 0) is 29.8 Å². The highest BCUT2D eigenvalue weighted by Crippen LogP contribution is 2.23. The minimum absolute atomic E-state index is 0.171. The minimum atomic E-state index is -4.73. The normalized spacial score (nSPS) is 15.5. The van der Waals surface area contributed by atoms with Crippen LogP contribution in [0.25, 0.3) is 0 Å². The first kappa shape index (κ1) is 20.1. The molecule has 3 rings (SSSR count). The van der Waals surface area contributed by atoms with Crippen LogP contribution >= 0.6 is 0 Å². The average Bonchev–Trinajstić information content (AvgIpc) is 2.62. The van der Waals surface area contributed by atoms with Gasteiger partial charge in [-0.3, -0.25) is 9.69 Å². The van der Waals surface area contributed by atoms with Gasteiger partial charge in [0.1, 0.15) is 17.4 Å². The number of carbonyl (C=O) groups excluding carboxylic acids is 1. The van der Waals surface area contributed by atoms with Crippen molar-refractivity contribution in [2.75, 3.05) is 26.2 Å². The van der Waals surface area contributed by atoms with Crippen molar-refractivity contribution in [3.05, 3.63) is 65.2 Å². The lowest BCUT2D eigenvalue weighted by molar-refractivity contribution is -0.274. The Balaban J connectivity index is 1.53. The van der Waals surface area contributed by atoms with Gasteiger partial charge >= 0.3 is 6.36 Å². The van der Waals surface area contributed by atoms with Gasteiger partial charge in [0.25, 0.3) is 5.91 Å². The van der Waals surface area contributed by atoms with Crippen LogP contribution in [-0.4, -0.2) is 48.2 Å². The smallest absolute Gasteiger partial charge is 0.406 e. The number of piperazine rings is 1. The van der Waals surface area contributed by atoms with E-state index in [0.717, 1.165) is 17.7 Å². The number of alkyl halides is 3. The van der Waals surface area contributed by atoms with Crippen molar-refractivity contribution < 1.29 is 31.5 Å². The van der Waals surface area contributed by atoms with E-state index >= 15 is 0 Å². The first-order valence-electron chi connectivity index (χ1n) is 8.52. The Morgan fingerprint density at radius 3 is 2.18 bits per heavy atom. The van der Waals surface area contributed by atoms with E-state index in [-0.39, 0.29) is 11.3 Å². The molecule has 150 valence electrons. The molecule has 1 heterocycles. The van der Waals surface area contributed by atoms with Gasteiger partial charge in [-0.1, -0.05) is 12.1 Å². The van der Waals surface area contributed by atoms with Gasteiger partial charge in [-0.25, -0.2) is 8.78 Å². The molecule has 2 aromatic rings. The Hall–Kier alpha value is -2.68. The molecular formula is C19H17F5N2O2. The monoisotopic (exact) mass is 400 g/mol. The topological polar surface area (TPSA) is 32.8 Å². The molecule has 0 saturated carbocycles. The summed E-state index contributed by atoms with van der Waals surface area (Å²) in [7, 11) is 0. The molecule has 0 spiro atoms. The summed E-state index contributed by atoms with van der Waals surface area (Å²) >= 11 is 0. The van der Waals surface area contributed by atoms with Gasteiger partial charge in [0, 0.05) is 38.8 Å². The fourth-order valence-electron chi connectivity index (χ4n) is 3.00. The van der Waals surface area contributed by atoms with Crippen LogP contribution in [0.5, 0.6) is 5.75 Å². The van der Waals surface area contributed by atoms with Gasteiger partial charge in [0.15, 0.2) is 0 Å². The number of hydrogen-bond donors (Lipinski definition) is 0. The molecule has 2 aromatic carbocycles. The molecule has 4 nitrogen and oxygen atoms in total. The third-order valence-electron chi connectivity index (χ3n) is 4.38. The maximum absolute atomic E-state index is 13.8. The zero-order valence-corrected chi connectivity index (χ0v) is 14.7. The number of carbonyl (C=O) groups is 1. The third-order valence-corrected chi connectivity index (χ3v) is 4.38. The van der Waals surface area contributed by atoms with E-state index in [1.54, 1.807) is 12.1 Å². The third kappa shape index (κ3) is 5.19. The molecule has 28 heavy (non-hydrogen) atoms. The number of halogens is 5. The zero-order valence-electron chi connectivity index (χ0n) is 14.7. The highest BCUT2D eigenvalue weighted by molar-refractivity contribution is 5.94. The molecule has 1 amide bonds. The summed E-state index contributed by atoms with van der Waals surface area (Å²) in [5.74, 6) is -2.42. The van der Waals surface area contributed by atoms with Crippen molar-refractivity contribution in [1.82, 2.24) is 9.80 Å². The molecule has 0 aliphatic carbocycles. The lowest BCUT2D eigenvalue weighted by Crippen LogP contribution is -2.48. The van der Waals surface area contributed by atoms with E-state index in [1.165, 1.54) is 17.0 Å². The molecule has 0 radical (unpaired) electrons. The average molecular weight is 400 g/mol. The van der Waals surface area contributed by atoms with Crippen molar-refractivity contribution in [2.24, 2.45) is 0 Å². The summed E-state index contributed by atoms with van der Waals surface area (Å²) in [4.78, 5) is 15.9. The summed E-state index contributed by atoms with van der Waals surface area (Å²) in [6, 6.07) is 8.44. The summed E-state index contributed by atoms with van der Waals surface area (Å²) in [5, 5.41) is 0. The van der Waals surface area contributed by atoms with E-state index < -0.39 is 23.9 Å². The van der Waals surface area contributed by atoms with E-state index in [4.69, 9.17) is 0 Å². The first-order chi connectivity index (χ1) is 13.2. The Labute approximate surface area is 158 Å². The number of rotatable bonds is 4. The van der Waals surface area contributed by atoms with Gasteiger partial charge in [-0.15, -0.1) is 13.2 Å². The molecule has 0 aromatic heterocycles. The second-order valence-electron chi connectivity index (χ2n) is 6.38. The van der Waals surface area contributed by atoms with E-state index in [9.17, 15) is 26.7 Å². The quantitative estimate of drug-likeness (QED) is 0.732.